The number of aliphatic carboxylic acids is 1. The Morgan fingerprint density at radius 3 is 2.53 bits per heavy atom. The number of carbonyl (C=O) groups is 3. The molecule has 1 heterocycles. The smallest absolute Gasteiger partial charge is 0.303 e. The molecule has 0 aliphatic heterocycles. The summed E-state index contributed by atoms with van der Waals surface area (Å²) in [5, 5.41) is 11.2. The van der Waals surface area contributed by atoms with Crippen molar-refractivity contribution in [2.75, 3.05) is 6.54 Å². The van der Waals surface area contributed by atoms with Gasteiger partial charge >= 0.3 is 5.97 Å². The van der Waals surface area contributed by atoms with Crippen LogP contribution in [0.25, 0.3) is 0 Å². The van der Waals surface area contributed by atoms with Gasteiger partial charge in [-0.25, -0.2) is 0 Å². The van der Waals surface area contributed by atoms with E-state index in [0.717, 1.165) is 0 Å². The quantitative estimate of drug-likeness (QED) is 0.573. The van der Waals surface area contributed by atoms with Gasteiger partial charge in [0.1, 0.15) is 5.69 Å². The van der Waals surface area contributed by atoms with Crippen LogP contribution in [0.4, 0.5) is 0 Å². The highest BCUT2D eigenvalue weighted by Gasteiger charge is 2.13. The summed E-state index contributed by atoms with van der Waals surface area (Å²) in [5.74, 6) is -1.18. The zero-order valence-corrected chi connectivity index (χ0v) is 11.1. The van der Waals surface area contributed by atoms with Gasteiger partial charge in [0.25, 0.3) is 5.91 Å². The van der Waals surface area contributed by atoms with Gasteiger partial charge < -0.3 is 15.0 Å². The van der Waals surface area contributed by atoms with Crippen LogP contribution >= 0.6 is 0 Å². The van der Waals surface area contributed by atoms with Gasteiger partial charge in [-0.3, -0.25) is 14.4 Å². The van der Waals surface area contributed by atoms with Gasteiger partial charge in [-0.05, 0) is 25.8 Å². The Balaban J connectivity index is 2.45. The number of Topliss-reactive ketones (excluding diaryl/α,β-unsaturated/α-hetero) is 1. The molecule has 19 heavy (non-hydrogen) atoms. The third kappa shape index (κ3) is 4.57. The number of nitrogens with one attached hydrogen (secondary N) is 1. The van der Waals surface area contributed by atoms with E-state index in [2.05, 4.69) is 5.32 Å². The summed E-state index contributed by atoms with van der Waals surface area (Å²) in [4.78, 5) is 33.3. The molecule has 0 spiro atoms. The molecule has 0 unspecified atom stereocenters. The van der Waals surface area contributed by atoms with E-state index in [1.54, 1.807) is 23.9 Å². The predicted molar refractivity (Wildman–Crippen MR) is 69.2 cm³/mol. The third-order valence-corrected chi connectivity index (χ3v) is 2.75. The molecule has 6 nitrogen and oxygen atoms in total. The Hall–Kier alpha value is -2.11. The van der Waals surface area contributed by atoms with Crippen molar-refractivity contribution >= 4 is 17.7 Å². The molecule has 0 fully saturated rings. The maximum absolute atomic E-state index is 11.8. The molecule has 6 heteroatoms. The number of ketones is 1. The molecule has 104 valence electrons. The first-order valence-electron chi connectivity index (χ1n) is 6.09. The lowest BCUT2D eigenvalue weighted by molar-refractivity contribution is -0.137. The fraction of sp³-hybridized carbons (Fsp3) is 0.462. The van der Waals surface area contributed by atoms with Crippen LogP contribution in [0.15, 0.2) is 12.3 Å². The van der Waals surface area contributed by atoms with E-state index in [-0.39, 0.29) is 18.1 Å². The maximum atomic E-state index is 11.8. The van der Waals surface area contributed by atoms with Crippen molar-refractivity contribution in [2.24, 2.45) is 7.05 Å². The number of rotatable bonds is 7. The van der Waals surface area contributed by atoms with Crippen LogP contribution in [0.3, 0.4) is 0 Å². The zero-order chi connectivity index (χ0) is 14.4. The van der Waals surface area contributed by atoms with Crippen LogP contribution < -0.4 is 5.32 Å². The van der Waals surface area contributed by atoms with E-state index in [4.69, 9.17) is 5.11 Å². The van der Waals surface area contributed by atoms with Crippen molar-refractivity contribution in [2.45, 2.75) is 26.2 Å². The SMILES string of the molecule is CC(=O)c1cc(C(=O)NCCCCC(=O)O)n(C)c1. The first kappa shape index (κ1) is 14.9. The van der Waals surface area contributed by atoms with E-state index in [9.17, 15) is 14.4 Å². The summed E-state index contributed by atoms with van der Waals surface area (Å²) >= 11 is 0. The Morgan fingerprint density at radius 1 is 1.32 bits per heavy atom. The normalized spacial score (nSPS) is 10.2. The van der Waals surface area contributed by atoms with E-state index < -0.39 is 5.97 Å². The number of aromatic nitrogens is 1. The number of carbonyl (C=O) groups excluding carboxylic acids is 2. The second-order valence-corrected chi connectivity index (χ2v) is 4.39. The summed E-state index contributed by atoms with van der Waals surface area (Å²) in [7, 11) is 1.70. The van der Waals surface area contributed by atoms with Gasteiger partial charge in [0.15, 0.2) is 5.78 Å². The Morgan fingerprint density at radius 2 is 2.00 bits per heavy atom. The standard InChI is InChI=1S/C13H18N2O4/c1-9(16)10-7-11(15(2)8-10)13(19)14-6-4-3-5-12(17)18/h7-8H,3-6H2,1-2H3,(H,14,19)(H,17,18). The number of carboxylic acids is 1. The minimum atomic E-state index is -0.833. The summed E-state index contributed by atoms with van der Waals surface area (Å²) < 4.78 is 1.60. The molecule has 1 amide bonds. The highest BCUT2D eigenvalue weighted by Crippen LogP contribution is 2.08. The molecule has 0 aliphatic rings. The van der Waals surface area contributed by atoms with Gasteiger partial charge in [-0.2, -0.15) is 0 Å². The number of nitrogens with zero attached hydrogens (tertiary/aromatic N) is 1. The molecule has 1 aromatic heterocycles. The Labute approximate surface area is 111 Å². The first-order chi connectivity index (χ1) is 8.91. The first-order valence-corrected chi connectivity index (χ1v) is 6.09. The van der Waals surface area contributed by atoms with Crippen LogP contribution in [-0.4, -0.2) is 33.9 Å². The highest BCUT2D eigenvalue weighted by atomic mass is 16.4. The third-order valence-electron chi connectivity index (χ3n) is 2.75. The number of hydrogen-bond acceptors (Lipinski definition) is 3. The van der Waals surface area contributed by atoms with Crippen LogP contribution in [0.1, 0.15) is 47.0 Å². The summed E-state index contributed by atoms with van der Waals surface area (Å²) in [6.07, 6.45) is 2.86. The maximum Gasteiger partial charge on any atom is 0.303 e. The van der Waals surface area contributed by atoms with Gasteiger partial charge in [0.05, 0.1) is 0 Å². The molecule has 0 radical (unpaired) electrons. The largest absolute Gasteiger partial charge is 0.481 e. The number of carboxylic acid groups (broad SMARTS) is 1. The van der Waals surface area contributed by atoms with E-state index in [1.165, 1.54) is 6.92 Å². The average molecular weight is 266 g/mol. The van der Waals surface area contributed by atoms with Crippen molar-refractivity contribution in [3.8, 4) is 0 Å². The fourth-order valence-electron chi connectivity index (χ4n) is 1.68. The minimum Gasteiger partial charge on any atom is -0.481 e. The van der Waals surface area contributed by atoms with Gasteiger partial charge in [0.2, 0.25) is 0 Å². The number of unbranched alkanes of at least 4 members (excludes halogenated alkanes) is 1. The van der Waals surface area contributed by atoms with Gasteiger partial charge in [-0.1, -0.05) is 0 Å². The van der Waals surface area contributed by atoms with Crippen molar-refractivity contribution in [3.05, 3.63) is 23.5 Å². The molecule has 0 saturated carbocycles. The molecule has 0 saturated heterocycles. The highest BCUT2D eigenvalue weighted by molar-refractivity contribution is 5.99. The fourth-order valence-corrected chi connectivity index (χ4v) is 1.68. The molecule has 0 bridgehead atoms. The van der Waals surface area contributed by atoms with Gasteiger partial charge in [0, 0.05) is 31.8 Å². The van der Waals surface area contributed by atoms with Crippen molar-refractivity contribution < 1.29 is 19.5 Å². The summed E-state index contributed by atoms with van der Waals surface area (Å²) in [6.45, 7) is 1.87. The van der Waals surface area contributed by atoms with E-state index in [1.807, 2.05) is 0 Å². The zero-order valence-electron chi connectivity index (χ0n) is 11.1. The molecule has 1 aromatic rings. The number of aryl methyl sites for hydroxylation is 1. The molecule has 1 rings (SSSR count). The predicted octanol–water partition coefficient (Wildman–Crippen LogP) is 1.21. The van der Waals surface area contributed by atoms with Crippen molar-refractivity contribution in [1.82, 2.24) is 9.88 Å². The molecule has 0 atom stereocenters. The van der Waals surface area contributed by atoms with Crippen LogP contribution in [0.5, 0.6) is 0 Å². The van der Waals surface area contributed by atoms with Gasteiger partial charge in [-0.15, -0.1) is 0 Å². The lowest BCUT2D eigenvalue weighted by Crippen LogP contribution is -2.26. The Kier molecular flexibility index (Phi) is 5.29. The monoisotopic (exact) mass is 266 g/mol. The summed E-state index contributed by atoms with van der Waals surface area (Å²) in [5.41, 5.74) is 0.918. The average Bonchev–Trinajstić information content (AvgIpc) is 2.70. The minimum absolute atomic E-state index is 0.0869. The summed E-state index contributed by atoms with van der Waals surface area (Å²) in [6, 6.07) is 1.55. The van der Waals surface area contributed by atoms with Crippen LogP contribution in [0.2, 0.25) is 0 Å². The topological polar surface area (TPSA) is 88.4 Å². The molecule has 2 N–H and O–H groups in total. The van der Waals surface area contributed by atoms with E-state index >= 15 is 0 Å². The van der Waals surface area contributed by atoms with Crippen LogP contribution in [-0.2, 0) is 11.8 Å². The molecular formula is C13H18N2O4. The number of hydrogen-bond donors (Lipinski definition) is 2. The molecule has 0 aliphatic carbocycles. The van der Waals surface area contributed by atoms with Crippen molar-refractivity contribution in [3.63, 3.8) is 0 Å². The second kappa shape index (κ2) is 6.72. The van der Waals surface area contributed by atoms with Crippen molar-refractivity contribution in [1.29, 1.82) is 0 Å². The van der Waals surface area contributed by atoms with Crippen LogP contribution in [0, 0.1) is 0 Å². The Bertz CT molecular complexity index is 491. The second-order valence-electron chi connectivity index (χ2n) is 4.39. The number of amides is 1. The molecular weight excluding hydrogens is 248 g/mol. The molecule has 0 aromatic carbocycles. The lowest BCUT2D eigenvalue weighted by atomic mass is 10.2. The van der Waals surface area contributed by atoms with E-state index in [0.29, 0.717) is 30.6 Å². The lowest BCUT2D eigenvalue weighted by Gasteiger charge is -2.05.